The second-order valence-electron chi connectivity index (χ2n) is 13.7. The molecule has 0 atom stereocenters. The molecule has 282 valence electrons. The van der Waals surface area contributed by atoms with Gasteiger partial charge in [-0.2, -0.15) is 0 Å². The van der Waals surface area contributed by atoms with Crippen LogP contribution in [0.5, 0.6) is 5.75 Å². The van der Waals surface area contributed by atoms with Gasteiger partial charge in [0.25, 0.3) is 0 Å². The molecule has 0 fully saturated rings. The van der Waals surface area contributed by atoms with E-state index < -0.39 is 29.2 Å². The van der Waals surface area contributed by atoms with E-state index in [1.54, 1.807) is 41.5 Å². The molecule has 0 saturated carbocycles. The molecule has 9 N–H and O–H groups in total. The Kier molecular flexibility index (Phi) is 14.8. The molecule has 0 saturated heterocycles. The van der Waals surface area contributed by atoms with Crippen molar-refractivity contribution in [1.29, 1.82) is 0 Å². The zero-order valence-corrected chi connectivity index (χ0v) is 31.2. The number of Topliss-reactive ketones (excluding diaryl/α,β-unsaturated/α-hetero) is 1. The Morgan fingerprint density at radius 3 is 2.12 bits per heavy atom. The van der Waals surface area contributed by atoms with Crippen LogP contribution in [-0.4, -0.2) is 77.3 Å². The van der Waals surface area contributed by atoms with Crippen molar-refractivity contribution >= 4 is 63.9 Å². The summed E-state index contributed by atoms with van der Waals surface area (Å²) in [5, 5.41) is 9.96. The monoisotopic (exact) mass is 740 g/mol. The number of ether oxygens (including phenoxy) is 3. The Morgan fingerprint density at radius 1 is 0.827 bits per heavy atom. The number of fused-ring (bicyclic) bond motifs is 1. The number of ketones is 1. The Balaban J connectivity index is 1.42. The molecule has 17 heteroatoms. The smallest absolute Gasteiger partial charge is 0.414 e. The van der Waals surface area contributed by atoms with E-state index in [2.05, 4.69) is 54.1 Å². The van der Waals surface area contributed by atoms with Crippen LogP contribution < -0.4 is 37.9 Å². The fourth-order valence-electron chi connectivity index (χ4n) is 4.48. The van der Waals surface area contributed by atoms with E-state index in [9.17, 15) is 14.4 Å². The number of hydrogen-bond acceptors (Lipinski definition) is 12. The van der Waals surface area contributed by atoms with Gasteiger partial charge in [-0.25, -0.2) is 24.5 Å². The van der Waals surface area contributed by atoms with Crippen molar-refractivity contribution in [2.45, 2.75) is 78.4 Å². The summed E-state index contributed by atoms with van der Waals surface area (Å²) in [7, 11) is 0. The highest BCUT2D eigenvalue weighted by molar-refractivity contribution is 6.31. The lowest BCUT2D eigenvalue weighted by Gasteiger charge is -2.22. The van der Waals surface area contributed by atoms with Gasteiger partial charge in [0.05, 0.1) is 6.61 Å². The third-order valence-electron chi connectivity index (χ3n) is 6.72. The fraction of sp³-hybridized carbons (Fsp3) is 0.457. The van der Waals surface area contributed by atoms with Crippen molar-refractivity contribution in [3.8, 4) is 5.75 Å². The number of halogens is 1. The number of alkyl carbamates (subject to hydrolysis) is 2. The number of benzene rings is 2. The average Bonchev–Trinajstić information content (AvgIpc) is 3.03. The van der Waals surface area contributed by atoms with E-state index in [0.29, 0.717) is 25.3 Å². The molecule has 0 aliphatic rings. The summed E-state index contributed by atoms with van der Waals surface area (Å²) in [4.78, 5) is 52.9. The summed E-state index contributed by atoms with van der Waals surface area (Å²) in [6.07, 6.45) is 1.62. The van der Waals surface area contributed by atoms with Gasteiger partial charge in [0.2, 0.25) is 11.7 Å². The molecule has 0 spiro atoms. The standard InChI is InChI=1S/C35H49ClN10O6/c1-34(2,3)51-32(48)45-31(46-33(49)52-35(4,5)6)41-16-9-17-50-24-14-13-22-18-21(11-12-23(22)19-24)10-7-8-15-40-30(39)42-20-25(47)26-28(37)44-29(38)27(36)43-26/h11-14,18-19H,7-10,15-17,20H2,1-6H3,(H4,37,38,44)(H3,39,40,42)(H2,41,45,46,48,49). The highest BCUT2D eigenvalue weighted by Gasteiger charge is 2.21. The number of hydrogen-bond donors (Lipinski definition) is 6. The van der Waals surface area contributed by atoms with E-state index in [1.807, 2.05) is 18.2 Å². The second kappa shape index (κ2) is 18.7. The van der Waals surface area contributed by atoms with Crippen LogP contribution in [0.3, 0.4) is 0 Å². The molecule has 3 rings (SSSR count). The molecule has 2 aromatic carbocycles. The molecule has 0 aliphatic heterocycles. The molecular weight excluding hydrogens is 692 g/mol. The molecule has 0 radical (unpaired) electrons. The van der Waals surface area contributed by atoms with Crippen LogP contribution in [0.2, 0.25) is 5.15 Å². The molecule has 0 bridgehead atoms. The SMILES string of the molecule is CC(C)(C)OC(=O)NC(=NCCCOc1ccc2cc(CCCCNC(N)=NCC(=O)c3nc(Cl)c(N)nc3N)ccc2c1)NC(=O)OC(C)(C)C. The van der Waals surface area contributed by atoms with Gasteiger partial charge in [0.15, 0.2) is 28.4 Å². The number of unbranched alkanes of at least 4 members (excludes halogenated alkanes) is 1. The predicted octanol–water partition coefficient (Wildman–Crippen LogP) is 4.73. The maximum Gasteiger partial charge on any atom is 0.414 e. The van der Waals surface area contributed by atoms with Crippen LogP contribution in [0.1, 0.15) is 76.9 Å². The van der Waals surface area contributed by atoms with Crippen LogP contribution in [-0.2, 0) is 15.9 Å². The molecule has 1 aromatic heterocycles. The molecule has 3 aromatic rings. The number of guanidine groups is 2. The van der Waals surface area contributed by atoms with Gasteiger partial charge < -0.3 is 36.7 Å². The summed E-state index contributed by atoms with van der Waals surface area (Å²) >= 11 is 5.84. The van der Waals surface area contributed by atoms with E-state index in [4.69, 9.17) is 43.0 Å². The van der Waals surface area contributed by atoms with E-state index in [0.717, 1.165) is 30.0 Å². The van der Waals surface area contributed by atoms with Crippen molar-refractivity contribution in [2.75, 3.05) is 37.7 Å². The van der Waals surface area contributed by atoms with Crippen LogP contribution in [0.4, 0.5) is 21.2 Å². The van der Waals surface area contributed by atoms with Gasteiger partial charge >= 0.3 is 12.2 Å². The number of aryl methyl sites for hydroxylation is 1. The van der Waals surface area contributed by atoms with Crippen molar-refractivity contribution < 1.29 is 28.6 Å². The van der Waals surface area contributed by atoms with Gasteiger partial charge in [-0.3, -0.25) is 20.4 Å². The summed E-state index contributed by atoms with van der Waals surface area (Å²) < 4.78 is 16.5. The van der Waals surface area contributed by atoms with Crippen LogP contribution in [0, 0.1) is 0 Å². The number of amides is 2. The number of aromatic nitrogens is 2. The third kappa shape index (κ3) is 14.8. The molecule has 52 heavy (non-hydrogen) atoms. The van der Waals surface area contributed by atoms with Crippen molar-refractivity contribution in [3.63, 3.8) is 0 Å². The zero-order valence-electron chi connectivity index (χ0n) is 30.5. The van der Waals surface area contributed by atoms with Gasteiger partial charge in [-0.05, 0) is 89.3 Å². The van der Waals surface area contributed by atoms with Crippen molar-refractivity contribution in [2.24, 2.45) is 15.7 Å². The topological polar surface area (TPSA) is 244 Å². The average molecular weight is 741 g/mol. The molecule has 16 nitrogen and oxygen atoms in total. The Hall–Kier alpha value is -5.38. The first-order valence-corrected chi connectivity index (χ1v) is 17.1. The lowest BCUT2D eigenvalue weighted by atomic mass is 10.0. The molecule has 2 amide bonds. The first-order valence-electron chi connectivity index (χ1n) is 16.7. The third-order valence-corrected chi connectivity index (χ3v) is 6.99. The number of rotatable bonds is 13. The lowest BCUT2D eigenvalue weighted by molar-refractivity contribution is 0.0544. The highest BCUT2D eigenvalue weighted by atomic mass is 35.5. The van der Waals surface area contributed by atoms with Crippen molar-refractivity contribution in [3.05, 3.63) is 52.8 Å². The van der Waals surface area contributed by atoms with E-state index in [-0.39, 0.29) is 47.5 Å². The van der Waals surface area contributed by atoms with Crippen LogP contribution >= 0.6 is 11.6 Å². The Morgan fingerprint density at radius 2 is 1.46 bits per heavy atom. The van der Waals surface area contributed by atoms with Gasteiger partial charge in [-0.1, -0.05) is 35.9 Å². The van der Waals surface area contributed by atoms with Crippen molar-refractivity contribution in [1.82, 2.24) is 25.9 Å². The number of nitrogens with one attached hydrogen (secondary N) is 3. The lowest BCUT2D eigenvalue weighted by Crippen LogP contribution is -2.47. The number of nitrogen functional groups attached to an aromatic ring is 2. The number of carbonyl (C=O) groups is 3. The van der Waals surface area contributed by atoms with Gasteiger partial charge in [-0.15, -0.1) is 0 Å². The second-order valence-corrected chi connectivity index (χ2v) is 14.0. The Bertz CT molecular complexity index is 1750. The number of nitrogens with zero attached hydrogens (tertiary/aromatic N) is 4. The fourth-order valence-corrected chi connectivity index (χ4v) is 4.61. The van der Waals surface area contributed by atoms with Gasteiger partial charge in [0.1, 0.15) is 23.5 Å². The number of aliphatic imine (C=N–C) groups is 2. The maximum atomic E-state index is 12.4. The number of nitrogens with two attached hydrogens (primary N) is 3. The van der Waals surface area contributed by atoms with Crippen LogP contribution in [0.25, 0.3) is 10.8 Å². The molecule has 0 unspecified atom stereocenters. The normalized spacial score (nSPS) is 11.8. The highest BCUT2D eigenvalue weighted by Crippen LogP contribution is 2.23. The number of carbonyl (C=O) groups excluding carboxylic acids is 3. The summed E-state index contributed by atoms with van der Waals surface area (Å²) in [5.41, 5.74) is 16.8. The predicted molar refractivity (Wildman–Crippen MR) is 203 cm³/mol. The first kappa shape index (κ1) is 41.0. The van der Waals surface area contributed by atoms with Gasteiger partial charge in [0, 0.05) is 19.5 Å². The van der Waals surface area contributed by atoms with E-state index >= 15 is 0 Å². The summed E-state index contributed by atoms with van der Waals surface area (Å²) in [6, 6.07) is 12.2. The summed E-state index contributed by atoms with van der Waals surface area (Å²) in [5.74, 6) is 0.116. The molecule has 0 aliphatic carbocycles. The largest absolute Gasteiger partial charge is 0.494 e. The molecular formula is C35H49ClN10O6. The maximum absolute atomic E-state index is 12.4. The first-order chi connectivity index (χ1) is 24.4. The van der Waals surface area contributed by atoms with E-state index in [1.165, 1.54) is 5.56 Å². The van der Waals surface area contributed by atoms with Crippen LogP contribution in [0.15, 0.2) is 46.4 Å². The minimum atomic E-state index is -0.752. The number of anilines is 2. The quantitative estimate of drug-likeness (QED) is 0.0603. The molecule has 1 heterocycles. The Labute approximate surface area is 308 Å². The zero-order chi connectivity index (χ0) is 38.5. The minimum Gasteiger partial charge on any atom is -0.494 e. The summed E-state index contributed by atoms with van der Waals surface area (Å²) in [6.45, 7) is 11.3. The minimum absolute atomic E-state index is 0.0555.